The molecule has 1 saturated carbocycles. The lowest BCUT2D eigenvalue weighted by Gasteiger charge is -2.17. The second-order valence-corrected chi connectivity index (χ2v) is 6.48. The molecule has 1 aliphatic rings. The molecule has 0 aromatic rings. The van der Waals surface area contributed by atoms with Crippen molar-refractivity contribution in [3.05, 3.63) is 12.2 Å². The summed E-state index contributed by atoms with van der Waals surface area (Å²) in [7, 11) is 0. The number of hydrogen-bond donors (Lipinski definition) is 3. The van der Waals surface area contributed by atoms with Crippen molar-refractivity contribution in [3.8, 4) is 0 Å². The van der Waals surface area contributed by atoms with E-state index in [1.54, 1.807) is 12.2 Å². The highest BCUT2D eigenvalue weighted by molar-refractivity contribution is 5.84. The highest BCUT2D eigenvalue weighted by Gasteiger charge is 2.39. The van der Waals surface area contributed by atoms with Gasteiger partial charge in [0.25, 0.3) is 0 Å². The largest absolute Gasteiger partial charge is 0.481 e. The first-order valence-electron chi connectivity index (χ1n) is 8.74. The SMILES string of the molecule is CC[C@H](O)/C=C/[C@@H]1[C@@H](O)CC(=O)[C@@H]1CCCCCCCC(=O)O. The van der Waals surface area contributed by atoms with Crippen LogP contribution in [-0.4, -0.2) is 39.3 Å². The Morgan fingerprint density at radius 3 is 2.57 bits per heavy atom. The minimum atomic E-state index is -0.751. The zero-order valence-corrected chi connectivity index (χ0v) is 14.0. The predicted molar refractivity (Wildman–Crippen MR) is 88.0 cm³/mol. The minimum absolute atomic E-state index is 0.115. The third-order valence-electron chi connectivity index (χ3n) is 4.61. The molecule has 1 fully saturated rings. The molecule has 3 N–H and O–H groups in total. The number of carbonyl (C=O) groups is 2. The Kier molecular flexibility index (Phi) is 9.10. The number of Topliss-reactive ketones (excluding diaryl/α,β-unsaturated/α-hetero) is 1. The van der Waals surface area contributed by atoms with Crippen LogP contribution in [0.4, 0.5) is 0 Å². The normalized spacial score (nSPS) is 26.0. The molecule has 1 aliphatic carbocycles. The van der Waals surface area contributed by atoms with Crippen molar-refractivity contribution >= 4 is 11.8 Å². The van der Waals surface area contributed by atoms with Gasteiger partial charge in [0.2, 0.25) is 0 Å². The number of hydrogen-bond acceptors (Lipinski definition) is 4. The molecule has 5 heteroatoms. The zero-order valence-electron chi connectivity index (χ0n) is 14.0. The number of carboxylic acids is 1. The molecule has 0 saturated heterocycles. The van der Waals surface area contributed by atoms with E-state index >= 15 is 0 Å². The summed E-state index contributed by atoms with van der Waals surface area (Å²) < 4.78 is 0. The average molecular weight is 326 g/mol. The number of aliphatic hydroxyl groups excluding tert-OH is 2. The average Bonchev–Trinajstić information content (AvgIpc) is 2.77. The monoisotopic (exact) mass is 326 g/mol. The summed E-state index contributed by atoms with van der Waals surface area (Å²) in [5, 5.41) is 28.2. The van der Waals surface area contributed by atoms with Crippen molar-refractivity contribution in [2.45, 2.75) is 76.9 Å². The van der Waals surface area contributed by atoms with E-state index in [1.807, 2.05) is 6.92 Å². The van der Waals surface area contributed by atoms with E-state index in [1.165, 1.54) is 0 Å². The molecule has 0 unspecified atom stereocenters. The first-order valence-corrected chi connectivity index (χ1v) is 8.74. The highest BCUT2D eigenvalue weighted by atomic mass is 16.4. The Labute approximate surface area is 138 Å². The maximum atomic E-state index is 12.0. The Bertz CT molecular complexity index is 404. The van der Waals surface area contributed by atoms with E-state index in [0.717, 1.165) is 32.1 Å². The van der Waals surface area contributed by atoms with E-state index in [2.05, 4.69) is 0 Å². The summed E-state index contributed by atoms with van der Waals surface area (Å²) >= 11 is 0. The van der Waals surface area contributed by atoms with Crippen LogP contribution in [0.5, 0.6) is 0 Å². The van der Waals surface area contributed by atoms with Gasteiger partial charge in [0, 0.05) is 24.7 Å². The molecule has 0 aliphatic heterocycles. The quantitative estimate of drug-likeness (QED) is 0.401. The maximum Gasteiger partial charge on any atom is 0.303 e. The van der Waals surface area contributed by atoms with Gasteiger partial charge in [-0.25, -0.2) is 0 Å². The molecule has 0 radical (unpaired) electrons. The van der Waals surface area contributed by atoms with Gasteiger partial charge in [-0.2, -0.15) is 0 Å². The molecule has 0 amide bonds. The van der Waals surface area contributed by atoms with Crippen molar-refractivity contribution in [2.75, 3.05) is 0 Å². The van der Waals surface area contributed by atoms with Crippen LogP contribution in [-0.2, 0) is 9.59 Å². The maximum absolute atomic E-state index is 12.0. The number of carboxylic acid groups (broad SMARTS) is 1. The Morgan fingerprint density at radius 1 is 1.26 bits per heavy atom. The van der Waals surface area contributed by atoms with Crippen LogP contribution in [0.3, 0.4) is 0 Å². The van der Waals surface area contributed by atoms with Crippen LogP contribution in [0.1, 0.15) is 64.7 Å². The number of carbonyl (C=O) groups excluding carboxylic acids is 1. The molecule has 132 valence electrons. The Hall–Kier alpha value is -1.20. The number of aliphatic carboxylic acids is 1. The van der Waals surface area contributed by atoms with Crippen molar-refractivity contribution < 1.29 is 24.9 Å². The molecule has 0 aromatic carbocycles. The molecule has 0 spiro atoms. The van der Waals surface area contributed by atoms with Gasteiger partial charge in [0.15, 0.2) is 0 Å². The Balaban J connectivity index is 2.33. The van der Waals surface area contributed by atoms with E-state index < -0.39 is 18.2 Å². The fourth-order valence-corrected chi connectivity index (χ4v) is 3.16. The van der Waals surface area contributed by atoms with Crippen LogP contribution >= 0.6 is 0 Å². The van der Waals surface area contributed by atoms with Gasteiger partial charge in [-0.05, 0) is 19.3 Å². The number of ketones is 1. The number of rotatable bonds is 11. The second kappa shape index (κ2) is 10.6. The van der Waals surface area contributed by atoms with E-state index in [4.69, 9.17) is 5.11 Å². The van der Waals surface area contributed by atoms with Gasteiger partial charge in [-0.15, -0.1) is 0 Å². The minimum Gasteiger partial charge on any atom is -0.481 e. The van der Waals surface area contributed by atoms with Gasteiger partial charge in [0.1, 0.15) is 5.78 Å². The van der Waals surface area contributed by atoms with Crippen LogP contribution in [0.25, 0.3) is 0 Å². The molecule has 4 atom stereocenters. The zero-order chi connectivity index (χ0) is 17.2. The van der Waals surface area contributed by atoms with Gasteiger partial charge in [0.05, 0.1) is 12.2 Å². The van der Waals surface area contributed by atoms with E-state index in [9.17, 15) is 19.8 Å². The topological polar surface area (TPSA) is 94.8 Å². The summed E-state index contributed by atoms with van der Waals surface area (Å²) in [6.07, 6.45) is 8.62. The molecule has 0 aromatic heterocycles. The summed E-state index contributed by atoms with van der Waals surface area (Å²) in [5.74, 6) is -0.969. The lowest BCUT2D eigenvalue weighted by Crippen LogP contribution is -2.19. The first-order chi connectivity index (χ1) is 11.0. The van der Waals surface area contributed by atoms with Gasteiger partial charge >= 0.3 is 5.97 Å². The van der Waals surface area contributed by atoms with Crippen LogP contribution in [0, 0.1) is 11.8 Å². The second-order valence-electron chi connectivity index (χ2n) is 6.48. The lowest BCUT2D eigenvalue weighted by atomic mass is 9.88. The molecule has 0 bridgehead atoms. The number of aliphatic hydroxyl groups is 2. The molecule has 5 nitrogen and oxygen atoms in total. The lowest BCUT2D eigenvalue weighted by molar-refractivity contribution is -0.137. The van der Waals surface area contributed by atoms with Crippen LogP contribution < -0.4 is 0 Å². The van der Waals surface area contributed by atoms with Crippen molar-refractivity contribution in [1.29, 1.82) is 0 Å². The molecular weight excluding hydrogens is 296 g/mol. The van der Waals surface area contributed by atoms with Crippen molar-refractivity contribution in [2.24, 2.45) is 11.8 Å². The van der Waals surface area contributed by atoms with E-state index in [-0.39, 0.29) is 30.5 Å². The van der Waals surface area contributed by atoms with Gasteiger partial charge in [-0.1, -0.05) is 44.8 Å². The van der Waals surface area contributed by atoms with Crippen LogP contribution in [0.15, 0.2) is 12.2 Å². The summed E-state index contributed by atoms with van der Waals surface area (Å²) in [4.78, 5) is 22.4. The van der Waals surface area contributed by atoms with Gasteiger partial charge in [-0.3, -0.25) is 9.59 Å². The smallest absolute Gasteiger partial charge is 0.303 e. The Morgan fingerprint density at radius 2 is 1.91 bits per heavy atom. The molecule has 0 heterocycles. The van der Waals surface area contributed by atoms with Crippen molar-refractivity contribution in [3.63, 3.8) is 0 Å². The first kappa shape index (κ1) is 19.8. The third kappa shape index (κ3) is 7.27. The molecular formula is C18H30O5. The third-order valence-corrected chi connectivity index (χ3v) is 4.61. The summed E-state index contributed by atoms with van der Waals surface area (Å²) in [6, 6.07) is 0. The standard InChI is InChI=1S/C18H30O5/c1-2-13(19)10-11-15-14(16(20)12-17(15)21)8-6-4-3-5-7-9-18(22)23/h10-11,13-15,17,19,21H,2-9,12H2,1H3,(H,22,23)/b11-10+/t13-,14+,15-,17-/m0/s1. The van der Waals surface area contributed by atoms with Crippen molar-refractivity contribution in [1.82, 2.24) is 0 Å². The van der Waals surface area contributed by atoms with Crippen LogP contribution in [0.2, 0.25) is 0 Å². The molecule has 1 rings (SSSR count). The fourth-order valence-electron chi connectivity index (χ4n) is 3.16. The van der Waals surface area contributed by atoms with Gasteiger partial charge < -0.3 is 15.3 Å². The number of unbranched alkanes of at least 4 members (excludes halogenated alkanes) is 4. The summed E-state index contributed by atoms with van der Waals surface area (Å²) in [5.41, 5.74) is 0. The predicted octanol–water partition coefficient (Wildman–Crippen LogP) is 2.69. The summed E-state index contributed by atoms with van der Waals surface area (Å²) in [6.45, 7) is 1.88. The highest BCUT2D eigenvalue weighted by Crippen LogP contribution is 2.34. The van der Waals surface area contributed by atoms with E-state index in [0.29, 0.717) is 12.8 Å². The molecule has 23 heavy (non-hydrogen) atoms. The fraction of sp³-hybridized carbons (Fsp3) is 0.778.